The number of ether oxygens (including phenoxy) is 1. The van der Waals surface area contributed by atoms with Crippen LogP contribution in [0.15, 0.2) is 10.5 Å². The maximum Gasteiger partial charge on any atom is 0.130 e. The zero-order chi connectivity index (χ0) is 13.2. The molecule has 0 aliphatic carbocycles. The average molecular weight is 253 g/mol. The van der Waals surface area contributed by atoms with Crippen molar-refractivity contribution in [1.82, 2.24) is 0 Å². The average Bonchev–Trinajstić information content (AvgIpc) is 2.73. The molecular formula is C15H27NO2. The van der Waals surface area contributed by atoms with Crippen LogP contribution in [0.2, 0.25) is 0 Å². The molecule has 0 atom stereocenters. The summed E-state index contributed by atoms with van der Waals surface area (Å²) in [6.07, 6.45) is 7.76. The van der Waals surface area contributed by atoms with Crippen molar-refractivity contribution < 1.29 is 9.15 Å². The highest BCUT2D eigenvalue weighted by atomic mass is 16.5. The van der Waals surface area contributed by atoms with Crippen LogP contribution in [0.3, 0.4) is 0 Å². The van der Waals surface area contributed by atoms with E-state index in [1.807, 2.05) is 13.0 Å². The van der Waals surface area contributed by atoms with Crippen molar-refractivity contribution in [2.24, 2.45) is 5.73 Å². The van der Waals surface area contributed by atoms with Gasteiger partial charge in [0.25, 0.3) is 0 Å². The van der Waals surface area contributed by atoms with Gasteiger partial charge in [0, 0.05) is 18.7 Å². The summed E-state index contributed by atoms with van der Waals surface area (Å²) >= 11 is 0. The first-order valence-electron chi connectivity index (χ1n) is 7.14. The lowest BCUT2D eigenvalue weighted by Crippen LogP contribution is -1.96. The molecule has 2 N–H and O–H groups in total. The Morgan fingerprint density at radius 3 is 2.56 bits per heavy atom. The molecule has 0 unspecified atom stereocenters. The highest BCUT2D eigenvalue weighted by molar-refractivity contribution is 5.19. The van der Waals surface area contributed by atoms with E-state index in [0.29, 0.717) is 13.2 Å². The monoisotopic (exact) mass is 253 g/mol. The van der Waals surface area contributed by atoms with E-state index in [-0.39, 0.29) is 0 Å². The summed E-state index contributed by atoms with van der Waals surface area (Å²) in [5.74, 6) is 1.80. The lowest BCUT2D eigenvalue weighted by Gasteiger charge is -2.02. The largest absolute Gasteiger partial charge is 0.464 e. The van der Waals surface area contributed by atoms with Gasteiger partial charge in [-0.25, -0.2) is 0 Å². The molecule has 0 aliphatic rings. The maximum absolute atomic E-state index is 5.60. The molecule has 0 bridgehead atoms. The summed E-state index contributed by atoms with van der Waals surface area (Å²) in [5, 5.41) is 0. The van der Waals surface area contributed by atoms with E-state index < -0.39 is 0 Å². The first kappa shape index (κ1) is 15.3. The van der Waals surface area contributed by atoms with E-state index in [2.05, 4.69) is 6.92 Å². The van der Waals surface area contributed by atoms with Gasteiger partial charge in [-0.2, -0.15) is 0 Å². The highest BCUT2D eigenvalue weighted by Gasteiger charge is 2.05. The molecule has 0 aliphatic heterocycles. The Kier molecular flexibility index (Phi) is 7.78. The molecule has 1 aromatic heterocycles. The van der Waals surface area contributed by atoms with Gasteiger partial charge in [-0.1, -0.05) is 39.0 Å². The molecule has 0 saturated heterocycles. The van der Waals surface area contributed by atoms with Gasteiger partial charge in [0.15, 0.2) is 0 Å². The van der Waals surface area contributed by atoms with E-state index in [0.717, 1.165) is 30.1 Å². The van der Waals surface area contributed by atoms with E-state index in [4.69, 9.17) is 14.9 Å². The Balaban J connectivity index is 2.03. The minimum absolute atomic E-state index is 0.534. The van der Waals surface area contributed by atoms with Crippen LogP contribution >= 0.6 is 0 Å². The maximum atomic E-state index is 5.60. The molecule has 0 aromatic carbocycles. The van der Waals surface area contributed by atoms with Crippen LogP contribution in [-0.2, 0) is 17.9 Å². The first-order chi connectivity index (χ1) is 8.77. The van der Waals surface area contributed by atoms with Crippen LogP contribution in [0.1, 0.15) is 62.5 Å². The lowest BCUT2D eigenvalue weighted by molar-refractivity contribution is 0.102. The Morgan fingerprint density at radius 1 is 1.17 bits per heavy atom. The third-order valence-electron chi connectivity index (χ3n) is 3.18. The number of unbranched alkanes of at least 4 members (excludes halogenated alkanes) is 5. The minimum Gasteiger partial charge on any atom is -0.464 e. The van der Waals surface area contributed by atoms with Crippen molar-refractivity contribution in [3.63, 3.8) is 0 Å². The Morgan fingerprint density at radius 2 is 1.89 bits per heavy atom. The molecule has 1 aromatic rings. The number of hydrogen-bond acceptors (Lipinski definition) is 3. The van der Waals surface area contributed by atoms with Crippen molar-refractivity contribution in [3.8, 4) is 0 Å². The second-order valence-corrected chi connectivity index (χ2v) is 4.82. The SMILES string of the molecule is CCCCCCCCOCc1cc(CN)c(C)o1. The summed E-state index contributed by atoms with van der Waals surface area (Å²) < 4.78 is 11.2. The Hall–Kier alpha value is -0.800. The van der Waals surface area contributed by atoms with Gasteiger partial charge >= 0.3 is 0 Å². The van der Waals surface area contributed by atoms with E-state index in [1.54, 1.807) is 0 Å². The zero-order valence-electron chi connectivity index (χ0n) is 11.8. The van der Waals surface area contributed by atoms with E-state index in [1.165, 1.54) is 32.1 Å². The quantitative estimate of drug-likeness (QED) is 0.643. The number of furan rings is 1. The molecule has 104 valence electrons. The topological polar surface area (TPSA) is 48.4 Å². The predicted octanol–water partition coefficient (Wildman–Crippen LogP) is 3.92. The molecule has 0 spiro atoms. The molecule has 0 radical (unpaired) electrons. The van der Waals surface area contributed by atoms with Crippen molar-refractivity contribution in [3.05, 3.63) is 23.2 Å². The lowest BCUT2D eigenvalue weighted by atomic mass is 10.1. The van der Waals surface area contributed by atoms with Crippen molar-refractivity contribution in [2.45, 2.75) is 65.5 Å². The number of rotatable bonds is 10. The number of nitrogens with two attached hydrogens (primary N) is 1. The van der Waals surface area contributed by atoms with Crippen molar-refractivity contribution in [1.29, 1.82) is 0 Å². The molecule has 0 amide bonds. The van der Waals surface area contributed by atoms with Crippen LogP contribution in [0, 0.1) is 6.92 Å². The summed E-state index contributed by atoms with van der Waals surface area (Å²) in [5.41, 5.74) is 6.67. The number of aryl methyl sites for hydroxylation is 1. The van der Waals surface area contributed by atoms with Gasteiger partial charge in [-0.15, -0.1) is 0 Å². The van der Waals surface area contributed by atoms with Crippen LogP contribution in [0.25, 0.3) is 0 Å². The number of hydrogen-bond donors (Lipinski definition) is 1. The molecule has 0 fully saturated rings. The fourth-order valence-corrected chi connectivity index (χ4v) is 2.02. The van der Waals surface area contributed by atoms with Gasteiger partial charge in [0.1, 0.15) is 18.1 Å². The van der Waals surface area contributed by atoms with Crippen LogP contribution in [0.5, 0.6) is 0 Å². The third-order valence-corrected chi connectivity index (χ3v) is 3.18. The summed E-state index contributed by atoms with van der Waals surface area (Å²) in [4.78, 5) is 0. The minimum atomic E-state index is 0.534. The predicted molar refractivity (Wildman–Crippen MR) is 74.4 cm³/mol. The first-order valence-corrected chi connectivity index (χ1v) is 7.14. The normalized spacial score (nSPS) is 11.1. The molecule has 0 saturated carbocycles. The summed E-state index contributed by atoms with van der Waals surface area (Å²) in [6.45, 7) is 6.11. The van der Waals surface area contributed by atoms with Gasteiger partial charge in [-0.05, 0) is 19.4 Å². The smallest absolute Gasteiger partial charge is 0.130 e. The fourth-order valence-electron chi connectivity index (χ4n) is 2.02. The second kappa shape index (κ2) is 9.17. The molecule has 1 heterocycles. The van der Waals surface area contributed by atoms with Crippen molar-refractivity contribution >= 4 is 0 Å². The Bertz CT molecular complexity index is 320. The molecular weight excluding hydrogens is 226 g/mol. The van der Waals surface area contributed by atoms with Gasteiger partial charge in [0.2, 0.25) is 0 Å². The fraction of sp³-hybridized carbons (Fsp3) is 0.733. The standard InChI is InChI=1S/C15H27NO2/c1-3-4-5-6-7-8-9-17-12-15-10-14(11-16)13(2)18-15/h10H,3-9,11-12,16H2,1-2H3. The van der Waals surface area contributed by atoms with Gasteiger partial charge in [0.05, 0.1) is 0 Å². The Labute approximate surface area is 111 Å². The van der Waals surface area contributed by atoms with E-state index >= 15 is 0 Å². The molecule has 3 heteroatoms. The molecule has 3 nitrogen and oxygen atoms in total. The van der Waals surface area contributed by atoms with Crippen LogP contribution < -0.4 is 5.73 Å². The zero-order valence-corrected chi connectivity index (χ0v) is 11.8. The van der Waals surface area contributed by atoms with Crippen LogP contribution in [-0.4, -0.2) is 6.61 Å². The molecule has 18 heavy (non-hydrogen) atoms. The van der Waals surface area contributed by atoms with Gasteiger partial charge < -0.3 is 14.9 Å². The van der Waals surface area contributed by atoms with Gasteiger partial charge in [-0.3, -0.25) is 0 Å². The second-order valence-electron chi connectivity index (χ2n) is 4.82. The summed E-state index contributed by atoms with van der Waals surface area (Å²) in [6, 6.07) is 2.00. The highest BCUT2D eigenvalue weighted by Crippen LogP contribution is 2.15. The summed E-state index contributed by atoms with van der Waals surface area (Å²) in [7, 11) is 0. The van der Waals surface area contributed by atoms with Crippen molar-refractivity contribution in [2.75, 3.05) is 6.61 Å². The van der Waals surface area contributed by atoms with Crippen LogP contribution in [0.4, 0.5) is 0 Å². The molecule has 1 rings (SSSR count). The van der Waals surface area contributed by atoms with E-state index in [9.17, 15) is 0 Å². The third kappa shape index (κ3) is 5.69.